The summed E-state index contributed by atoms with van der Waals surface area (Å²) in [4.78, 5) is 0. The molecule has 0 bridgehead atoms. The molecule has 1 rings (SSSR count). The van der Waals surface area contributed by atoms with Crippen LogP contribution < -0.4 is 0 Å². The number of hydrogen-bond acceptors (Lipinski definition) is 0. The lowest BCUT2D eigenvalue weighted by atomic mass is 9.76. The molecule has 1 aliphatic rings. The Labute approximate surface area is 78.2 Å². The van der Waals surface area contributed by atoms with Crippen LogP contribution in [0.3, 0.4) is 0 Å². The van der Waals surface area contributed by atoms with Gasteiger partial charge in [0, 0.05) is 5.33 Å². The summed E-state index contributed by atoms with van der Waals surface area (Å²) in [5.41, 5.74) is 2.02. The fourth-order valence-corrected chi connectivity index (χ4v) is 2.36. The number of allylic oxidation sites excluding steroid dienone is 2. The van der Waals surface area contributed by atoms with Gasteiger partial charge in [-0.1, -0.05) is 41.4 Å². The third kappa shape index (κ3) is 1.69. The Kier molecular flexibility index (Phi) is 2.79. The highest BCUT2D eigenvalue weighted by atomic mass is 79.9. The molecule has 1 heteroatoms. The zero-order valence-corrected chi connectivity index (χ0v) is 9.24. The van der Waals surface area contributed by atoms with E-state index in [0.29, 0.717) is 5.41 Å². The minimum absolute atomic E-state index is 0.452. The van der Waals surface area contributed by atoms with Gasteiger partial charge in [0.1, 0.15) is 0 Å². The zero-order chi connectivity index (χ0) is 8.48. The van der Waals surface area contributed by atoms with Gasteiger partial charge in [-0.2, -0.15) is 0 Å². The molecule has 1 atom stereocenters. The molecule has 0 aromatic rings. The van der Waals surface area contributed by atoms with Gasteiger partial charge < -0.3 is 0 Å². The lowest BCUT2D eigenvalue weighted by Gasteiger charge is -2.29. The minimum atomic E-state index is 0.452. The lowest BCUT2D eigenvalue weighted by Crippen LogP contribution is -2.20. The maximum absolute atomic E-state index is 3.51. The van der Waals surface area contributed by atoms with Crippen LogP contribution in [0.25, 0.3) is 0 Å². The Bertz CT molecular complexity index is 168. The fourth-order valence-electron chi connectivity index (χ4n) is 1.81. The molecule has 11 heavy (non-hydrogen) atoms. The largest absolute Gasteiger partial charge is 0.0928 e. The number of halogens is 1. The second kappa shape index (κ2) is 3.30. The molecule has 0 N–H and O–H groups in total. The summed E-state index contributed by atoms with van der Waals surface area (Å²) >= 11 is 3.51. The van der Waals surface area contributed by atoms with E-state index in [1.807, 2.05) is 0 Å². The van der Waals surface area contributed by atoms with Gasteiger partial charge in [-0.15, -0.1) is 0 Å². The first-order chi connectivity index (χ1) is 5.09. The van der Waals surface area contributed by atoms with Crippen LogP contribution >= 0.6 is 15.9 Å². The van der Waals surface area contributed by atoms with Crippen molar-refractivity contribution >= 4 is 15.9 Å². The van der Waals surface area contributed by atoms with E-state index in [2.05, 4.69) is 42.8 Å². The molecule has 0 saturated heterocycles. The van der Waals surface area contributed by atoms with Crippen LogP contribution in [0.1, 0.15) is 33.6 Å². The van der Waals surface area contributed by atoms with Crippen molar-refractivity contribution in [1.82, 2.24) is 0 Å². The van der Waals surface area contributed by atoms with Gasteiger partial charge in [-0.3, -0.25) is 0 Å². The van der Waals surface area contributed by atoms with Crippen LogP contribution in [0.4, 0.5) is 0 Å². The van der Waals surface area contributed by atoms with Crippen LogP contribution in [0.15, 0.2) is 11.6 Å². The highest BCUT2D eigenvalue weighted by Gasteiger charge is 2.33. The van der Waals surface area contributed by atoms with Crippen LogP contribution in [-0.2, 0) is 0 Å². The zero-order valence-electron chi connectivity index (χ0n) is 7.65. The molecular weight excluding hydrogens is 200 g/mol. The quantitative estimate of drug-likeness (QED) is 0.488. The molecule has 0 fully saturated rings. The Balaban J connectivity index is 2.62. The smallest absolute Gasteiger partial charge is 0.00343 e. The maximum Gasteiger partial charge on any atom is 0.00343 e. The summed E-state index contributed by atoms with van der Waals surface area (Å²) in [7, 11) is 0. The summed E-state index contributed by atoms with van der Waals surface area (Å²) < 4.78 is 0. The van der Waals surface area contributed by atoms with E-state index < -0.39 is 0 Å². The molecule has 1 unspecified atom stereocenters. The lowest BCUT2D eigenvalue weighted by molar-refractivity contribution is 0.286. The molecule has 0 aromatic heterocycles. The molecule has 0 aliphatic heterocycles. The number of rotatable bonds is 2. The van der Waals surface area contributed by atoms with Crippen molar-refractivity contribution in [3.8, 4) is 0 Å². The van der Waals surface area contributed by atoms with Gasteiger partial charge in [0.05, 0.1) is 0 Å². The van der Waals surface area contributed by atoms with Gasteiger partial charge in [-0.25, -0.2) is 0 Å². The average molecular weight is 217 g/mol. The first-order valence-corrected chi connectivity index (χ1v) is 5.44. The number of alkyl halides is 1. The second-order valence-electron chi connectivity index (χ2n) is 4.02. The van der Waals surface area contributed by atoms with E-state index in [0.717, 1.165) is 11.2 Å². The number of hydrogen-bond donors (Lipinski definition) is 0. The van der Waals surface area contributed by atoms with Crippen molar-refractivity contribution in [1.29, 1.82) is 0 Å². The topological polar surface area (TPSA) is 0 Å². The minimum Gasteiger partial charge on any atom is -0.0928 e. The third-order valence-electron chi connectivity index (χ3n) is 3.20. The molecule has 1 aliphatic carbocycles. The highest BCUT2D eigenvalue weighted by molar-refractivity contribution is 9.09. The Morgan fingerprint density at radius 2 is 2.27 bits per heavy atom. The molecule has 0 saturated carbocycles. The second-order valence-corrected chi connectivity index (χ2v) is 4.81. The van der Waals surface area contributed by atoms with E-state index in [-0.39, 0.29) is 0 Å². The first-order valence-electron chi connectivity index (χ1n) is 4.32. The van der Waals surface area contributed by atoms with E-state index in [1.165, 1.54) is 12.8 Å². The summed E-state index contributed by atoms with van der Waals surface area (Å²) in [5, 5.41) is 1.14. The van der Waals surface area contributed by atoms with Crippen LogP contribution in [-0.4, -0.2) is 5.33 Å². The molecule has 0 aromatic carbocycles. The van der Waals surface area contributed by atoms with Gasteiger partial charge in [0.15, 0.2) is 0 Å². The first kappa shape index (κ1) is 9.31. The third-order valence-corrected chi connectivity index (χ3v) is 3.66. The monoisotopic (exact) mass is 216 g/mol. The van der Waals surface area contributed by atoms with Gasteiger partial charge in [0.25, 0.3) is 0 Å². The molecule has 0 amide bonds. The summed E-state index contributed by atoms with van der Waals surface area (Å²) in [5.74, 6) is 0.863. The van der Waals surface area contributed by atoms with Crippen LogP contribution in [0.2, 0.25) is 0 Å². The molecule has 0 spiro atoms. The van der Waals surface area contributed by atoms with Crippen molar-refractivity contribution in [2.75, 3.05) is 5.33 Å². The summed E-state index contributed by atoms with van der Waals surface area (Å²) in [6.07, 6.45) is 4.98. The molecule has 0 heterocycles. The Morgan fingerprint density at radius 3 is 2.64 bits per heavy atom. The molecule has 0 radical (unpaired) electrons. The standard InChI is InChI=1S/C10H17Br/c1-8-4-5-9(6-7-11)10(8,2)3/h4,9H,5-7H2,1-3H3. The van der Waals surface area contributed by atoms with Crippen LogP contribution in [0, 0.1) is 11.3 Å². The average Bonchev–Trinajstić information content (AvgIpc) is 2.16. The van der Waals surface area contributed by atoms with E-state index >= 15 is 0 Å². The van der Waals surface area contributed by atoms with Crippen molar-refractivity contribution in [2.45, 2.75) is 33.6 Å². The van der Waals surface area contributed by atoms with Crippen molar-refractivity contribution in [2.24, 2.45) is 11.3 Å². The van der Waals surface area contributed by atoms with Crippen molar-refractivity contribution in [3.05, 3.63) is 11.6 Å². The van der Waals surface area contributed by atoms with E-state index in [1.54, 1.807) is 5.57 Å². The Hall–Kier alpha value is 0.220. The van der Waals surface area contributed by atoms with Crippen LogP contribution in [0.5, 0.6) is 0 Å². The van der Waals surface area contributed by atoms with Crippen molar-refractivity contribution in [3.63, 3.8) is 0 Å². The van der Waals surface area contributed by atoms with E-state index in [9.17, 15) is 0 Å². The van der Waals surface area contributed by atoms with Gasteiger partial charge >= 0.3 is 0 Å². The fraction of sp³-hybridized carbons (Fsp3) is 0.800. The highest BCUT2D eigenvalue weighted by Crippen LogP contribution is 2.44. The normalized spacial score (nSPS) is 28.7. The predicted octanol–water partition coefficient (Wildman–Crippen LogP) is 3.76. The Morgan fingerprint density at radius 1 is 1.64 bits per heavy atom. The van der Waals surface area contributed by atoms with E-state index in [4.69, 9.17) is 0 Å². The van der Waals surface area contributed by atoms with Gasteiger partial charge in [0.2, 0.25) is 0 Å². The van der Waals surface area contributed by atoms with Crippen molar-refractivity contribution < 1.29 is 0 Å². The predicted molar refractivity (Wildman–Crippen MR) is 54.1 cm³/mol. The summed E-state index contributed by atoms with van der Waals surface area (Å²) in [6.45, 7) is 6.98. The SMILES string of the molecule is CC1=CCC(CCBr)C1(C)C. The maximum atomic E-state index is 3.51. The van der Waals surface area contributed by atoms with Gasteiger partial charge in [-0.05, 0) is 31.1 Å². The summed E-state index contributed by atoms with van der Waals surface area (Å²) in [6, 6.07) is 0. The molecule has 64 valence electrons. The molecular formula is C10H17Br. The molecule has 0 nitrogen and oxygen atoms in total.